The van der Waals surface area contributed by atoms with Gasteiger partial charge < -0.3 is 4.74 Å². The van der Waals surface area contributed by atoms with E-state index in [-0.39, 0.29) is 5.41 Å². The van der Waals surface area contributed by atoms with Gasteiger partial charge in [0.05, 0.1) is 6.73 Å². The fraction of sp³-hybridized carbons (Fsp3) is 0.375. The van der Waals surface area contributed by atoms with Gasteiger partial charge in [-0.15, -0.1) is 0 Å². The number of hydrogen-bond donors (Lipinski definition) is 1. The fourth-order valence-electron chi connectivity index (χ4n) is 2.38. The van der Waals surface area contributed by atoms with Crippen LogP contribution < -0.4 is 5.32 Å². The van der Waals surface area contributed by atoms with Gasteiger partial charge in [-0.25, -0.2) is 0 Å². The van der Waals surface area contributed by atoms with Gasteiger partial charge in [-0.1, -0.05) is 56.3 Å². The van der Waals surface area contributed by atoms with Crippen molar-refractivity contribution in [2.45, 2.75) is 19.3 Å². The summed E-state index contributed by atoms with van der Waals surface area (Å²) in [5, 5.41) is 5.95. The predicted molar refractivity (Wildman–Crippen MR) is 76.9 cm³/mol. The summed E-state index contributed by atoms with van der Waals surface area (Å²) in [4.78, 5) is 0. The van der Waals surface area contributed by atoms with Crippen LogP contribution in [0.25, 0.3) is 10.8 Å². The molecule has 1 N–H and O–H groups in total. The van der Waals surface area contributed by atoms with Crippen molar-refractivity contribution >= 4 is 10.8 Å². The van der Waals surface area contributed by atoms with Crippen LogP contribution in [0.3, 0.4) is 0 Å². The second kappa shape index (κ2) is 5.51. The van der Waals surface area contributed by atoms with Gasteiger partial charge in [0.15, 0.2) is 0 Å². The monoisotopic (exact) mass is 243 g/mol. The van der Waals surface area contributed by atoms with Crippen LogP contribution in [0, 0.1) is 0 Å². The molecule has 18 heavy (non-hydrogen) atoms. The lowest BCUT2D eigenvalue weighted by atomic mass is 9.81. The van der Waals surface area contributed by atoms with E-state index in [9.17, 15) is 0 Å². The molecule has 0 saturated heterocycles. The van der Waals surface area contributed by atoms with E-state index >= 15 is 0 Å². The Balaban J connectivity index is 2.34. The molecule has 0 aliphatic carbocycles. The molecule has 0 bridgehead atoms. The first-order valence-corrected chi connectivity index (χ1v) is 6.33. The molecule has 0 aliphatic rings. The largest absolute Gasteiger partial charge is 0.370 e. The molecular weight excluding hydrogens is 222 g/mol. The average molecular weight is 243 g/mol. The van der Waals surface area contributed by atoms with E-state index in [1.807, 2.05) is 0 Å². The van der Waals surface area contributed by atoms with Gasteiger partial charge >= 0.3 is 0 Å². The molecule has 96 valence electrons. The van der Waals surface area contributed by atoms with Gasteiger partial charge in [0.25, 0.3) is 0 Å². The SMILES string of the molecule is COCNCC(C)(C)c1cccc2ccccc12. The second-order valence-corrected chi connectivity index (χ2v) is 5.27. The summed E-state index contributed by atoms with van der Waals surface area (Å²) < 4.78 is 5.05. The van der Waals surface area contributed by atoms with Gasteiger partial charge in [0, 0.05) is 19.1 Å². The van der Waals surface area contributed by atoms with E-state index in [1.165, 1.54) is 16.3 Å². The second-order valence-electron chi connectivity index (χ2n) is 5.27. The Labute approximate surface area is 109 Å². The third-order valence-electron chi connectivity index (χ3n) is 3.33. The molecule has 2 rings (SSSR count). The van der Waals surface area contributed by atoms with Crippen LogP contribution in [0.2, 0.25) is 0 Å². The molecule has 0 amide bonds. The third kappa shape index (κ3) is 2.71. The zero-order chi connectivity index (χ0) is 13.0. The predicted octanol–water partition coefficient (Wildman–Crippen LogP) is 3.31. The maximum Gasteiger partial charge on any atom is 0.0961 e. The lowest BCUT2D eigenvalue weighted by molar-refractivity contribution is 0.169. The summed E-state index contributed by atoms with van der Waals surface area (Å²) in [6.45, 7) is 6.01. The van der Waals surface area contributed by atoms with Crippen LogP contribution in [-0.2, 0) is 10.2 Å². The highest BCUT2D eigenvalue weighted by Gasteiger charge is 2.21. The van der Waals surface area contributed by atoms with Gasteiger partial charge in [-0.05, 0) is 16.3 Å². The molecule has 2 aromatic rings. The smallest absolute Gasteiger partial charge is 0.0961 e. The fourth-order valence-corrected chi connectivity index (χ4v) is 2.38. The third-order valence-corrected chi connectivity index (χ3v) is 3.33. The number of benzene rings is 2. The molecular formula is C16H21NO. The molecule has 2 aromatic carbocycles. The summed E-state index contributed by atoms with van der Waals surface area (Å²) in [5.74, 6) is 0. The standard InChI is InChI=1S/C16H21NO/c1-16(2,11-17-12-18-3)15-10-6-8-13-7-4-5-9-14(13)15/h4-10,17H,11-12H2,1-3H3. The zero-order valence-corrected chi connectivity index (χ0v) is 11.4. The minimum atomic E-state index is 0.0827. The molecule has 0 saturated carbocycles. The summed E-state index contributed by atoms with van der Waals surface area (Å²) in [6.07, 6.45) is 0. The minimum absolute atomic E-state index is 0.0827. The normalized spacial score (nSPS) is 11.9. The van der Waals surface area contributed by atoms with Gasteiger partial charge in [-0.2, -0.15) is 0 Å². The Bertz CT molecular complexity index is 514. The van der Waals surface area contributed by atoms with Crippen LogP contribution in [0.1, 0.15) is 19.4 Å². The van der Waals surface area contributed by atoms with Crippen LogP contribution in [0.5, 0.6) is 0 Å². The Kier molecular flexibility index (Phi) is 4.00. The zero-order valence-electron chi connectivity index (χ0n) is 11.4. The quantitative estimate of drug-likeness (QED) is 0.642. The Hall–Kier alpha value is -1.38. The van der Waals surface area contributed by atoms with Gasteiger partial charge in [0.2, 0.25) is 0 Å². The number of fused-ring (bicyclic) bond motifs is 1. The van der Waals surface area contributed by atoms with Crippen molar-refractivity contribution in [1.82, 2.24) is 5.32 Å². The van der Waals surface area contributed by atoms with Crippen molar-refractivity contribution in [2.24, 2.45) is 0 Å². The van der Waals surface area contributed by atoms with Crippen LogP contribution in [0.15, 0.2) is 42.5 Å². The lowest BCUT2D eigenvalue weighted by Gasteiger charge is -2.27. The average Bonchev–Trinajstić information content (AvgIpc) is 2.38. The summed E-state index contributed by atoms with van der Waals surface area (Å²) in [5.41, 5.74) is 1.46. The van der Waals surface area contributed by atoms with Crippen molar-refractivity contribution < 1.29 is 4.74 Å². The van der Waals surface area contributed by atoms with E-state index in [0.29, 0.717) is 6.73 Å². The van der Waals surface area contributed by atoms with E-state index in [0.717, 1.165) is 6.54 Å². The first-order chi connectivity index (χ1) is 8.65. The molecule has 0 aliphatic heterocycles. The van der Waals surface area contributed by atoms with Crippen molar-refractivity contribution in [2.75, 3.05) is 20.4 Å². The van der Waals surface area contributed by atoms with Crippen LogP contribution in [-0.4, -0.2) is 20.4 Å². The van der Waals surface area contributed by atoms with E-state index in [4.69, 9.17) is 4.74 Å². The van der Waals surface area contributed by atoms with Gasteiger partial charge in [-0.3, -0.25) is 5.32 Å². The first kappa shape index (κ1) is 13.1. The van der Waals surface area contributed by atoms with Crippen LogP contribution >= 0.6 is 0 Å². The molecule has 0 atom stereocenters. The van der Waals surface area contributed by atoms with E-state index < -0.39 is 0 Å². The molecule has 0 heterocycles. The number of nitrogens with one attached hydrogen (secondary N) is 1. The van der Waals surface area contributed by atoms with Crippen molar-refractivity contribution in [3.05, 3.63) is 48.0 Å². The first-order valence-electron chi connectivity index (χ1n) is 6.33. The number of methoxy groups -OCH3 is 1. The topological polar surface area (TPSA) is 21.3 Å². The summed E-state index contributed by atoms with van der Waals surface area (Å²) >= 11 is 0. The maximum atomic E-state index is 5.05. The lowest BCUT2D eigenvalue weighted by Crippen LogP contribution is -2.34. The molecule has 0 unspecified atom stereocenters. The van der Waals surface area contributed by atoms with Gasteiger partial charge in [0.1, 0.15) is 0 Å². The molecule has 2 nitrogen and oxygen atoms in total. The molecule has 0 radical (unpaired) electrons. The van der Waals surface area contributed by atoms with E-state index in [1.54, 1.807) is 7.11 Å². The molecule has 0 fully saturated rings. The number of hydrogen-bond acceptors (Lipinski definition) is 2. The Morgan fingerprint density at radius 1 is 1.06 bits per heavy atom. The highest BCUT2D eigenvalue weighted by molar-refractivity contribution is 5.86. The van der Waals surface area contributed by atoms with Crippen LogP contribution in [0.4, 0.5) is 0 Å². The van der Waals surface area contributed by atoms with E-state index in [2.05, 4.69) is 61.6 Å². The molecule has 0 spiro atoms. The Morgan fingerprint density at radius 3 is 2.56 bits per heavy atom. The number of rotatable bonds is 5. The summed E-state index contributed by atoms with van der Waals surface area (Å²) in [7, 11) is 1.71. The maximum absolute atomic E-state index is 5.05. The van der Waals surface area contributed by atoms with Crippen molar-refractivity contribution in [1.29, 1.82) is 0 Å². The summed E-state index contributed by atoms with van der Waals surface area (Å²) in [6, 6.07) is 15.1. The molecule has 2 heteroatoms. The van der Waals surface area contributed by atoms with Crippen molar-refractivity contribution in [3.8, 4) is 0 Å². The van der Waals surface area contributed by atoms with Crippen molar-refractivity contribution in [3.63, 3.8) is 0 Å². The minimum Gasteiger partial charge on any atom is -0.370 e. The Morgan fingerprint density at radius 2 is 1.78 bits per heavy atom. The highest BCUT2D eigenvalue weighted by Crippen LogP contribution is 2.29. The molecule has 0 aromatic heterocycles. The number of ether oxygens (including phenoxy) is 1. The highest BCUT2D eigenvalue weighted by atomic mass is 16.5.